The van der Waals surface area contributed by atoms with Crippen LogP contribution in [0.15, 0.2) is 0 Å². The van der Waals surface area contributed by atoms with Gasteiger partial charge in [0.15, 0.2) is 0 Å². The second kappa shape index (κ2) is 8.86. The highest BCUT2D eigenvalue weighted by molar-refractivity contribution is 4.72. The number of hydrogen-bond acceptors (Lipinski definition) is 4. The molecule has 0 radical (unpaired) electrons. The maximum Gasteiger partial charge on any atom is 0.0596 e. The van der Waals surface area contributed by atoms with Crippen molar-refractivity contribution >= 4 is 0 Å². The van der Waals surface area contributed by atoms with Gasteiger partial charge in [0.05, 0.1) is 24.4 Å². The van der Waals surface area contributed by atoms with Gasteiger partial charge >= 0.3 is 0 Å². The summed E-state index contributed by atoms with van der Waals surface area (Å²) in [5, 5.41) is 18.3. The molecule has 0 aromatic heterocycles. The van der Waals surface area contributed by atoms with Gasteiger partial charge in [-0.15, -0.1) is 0 Å². The Morgan fingerprint density at radius 2 is 1.11 bits per heavy atom. The van der Waals surface area contributed by atoms with Crippen LogP contribution >= 0.6 is 0 Å². The zero-order valence-corrected chi connectivity index (χ0v) is 11.7. The van der Waals surface area contributed by atoms with Crippen molar-refractivity contribution in [1.29, 1.82) is 0 Å². The number of aliphatic hydroxyl groups excluding tert-OH is 2. The molecule has 2 N–H and O–H groups in total. The molecule has 0 unspecified atom stereocenters. The molecule has 0 aliphatic heterocycles. The summed E-state index contributed by atoms with van der Waals surface area (Å²) in [6.45, 7) is 0. The Morgan fingerprint density at radius 3 is 1.33 bits per heavy atom. The van der Waals surface area contributed by atoms with Gasteiger partial charge in [0, 0.05) is 14.2 Å². The van der Waals surface area contributed by atoms with Gasteiger partial charge in [-0.05, 0) is 51.4 Å². The minimum Gasteiger partial charge on any atom is -0.393 e. The summed E-state index contributed by atoms with van der Waals surface area (Å²) in [5.74, 6) is 0. The fourth-order valence-electron chi connectivity index (χ4n) is 2.67. The van der Waals surface area contributed by atoms with Crippen molar-refractivity contribution in [3.05, 3.63) is 0 Å². The molecule has 0 saturated heterocycles. The zero-order chi connectivity index (χ0) is 13.4. The van der Waals surface area contributed by atoms with Gasteiger partial charge in [-0.1, -0.05) is 0 Å². The van der Waals surface area contributed by atoms with E-state index in [2.05, 4.69) is 0 Å². The van der Waals surface area contributed by atoms with Crippen molar-refractivity contribution < 1.29 is 19.7 Å². The van der Waals surface area contributed by atoms with Gasteiger partial charge in [0.1, 0.15) is 0 Å². The van der Waals surface area contributed by atoms with Crippen molar-refractivity contribution in [1.82, 2.24) is 0 Å². The Balaban J connectivity index is 0.000000180. The van der Waals surface area contributed by atoms with E-state index in [1.54, 1.807) is 14.2 Å². The van der Waals surface area contributed by atoms with Gasteiger partial charge in [0.25, 0.3) is 0 Å². The maximum atomic E-state index is 9.13. The van der Waals surface area contributed by atoms with E-state index in [9.17, 15) is 0 Å². The van der Waals surface area contributed by atoms with Crippen molar-refractivity contribution in [3.63, 3.8) is 0 Å². The molecular formula is C14H28O4. The highest BCUT2D eigenvalue weighted by atomic mass is 16.5. The molecule has 2 fully saturated rings. The summed E-state index contributed by atoms with van der Waals surface area (Å²) in [5.41, 5.74) is 0. The van der Waals surface area contributed by atoms with Crippen LogP contribution in [-0.4, -0.2) is 48.8 Å². The number of ether oxygens (including phenoxy) is 2. The first-order valence-electron chi connectivity index (χ1n) is 7.07. The molecule has 2 rings (SSSR count). The summed E-state index contributed by atoms with van der Waals surface area (Å²) in [4.78, 5) is 0. The molecule has 4 heteroatoms. The molecule has 0 amide bonds. The summed E-state index contributed by atoms with van der Waals surface area (Å²) < 4.78 is 10.2. The Kier molecular flexibility index (Phi) is 7.82. The van der Waals surface area contributed by atoms with E-state index in [0.29, 0.717) is 12.2 Å². The summed E-state index contributed by atoms with van der Waals surface area (Å²) in [6, 6.07) is 0. The van der Waals surface area contributed by atoms with Crippen LogP contribution in [0.4, 0.5) is 0 Å². The fourth-order valence-corrected chi connectivity index (χ4v) is 2.67. The second-order valence-corrected chi connectivity index (χ2v) is 5.36. The van der Waals surface area contributed by atoms with Crippen LogP contribution in [0.3, 0.4) is 0 Å². The summed E-state index contributed by atoms with van der Waals surface area (Å²) >= 11 is 0. The topological polar surface area (TPSA) is 58.9 Å². The van der Waals surface area contributed by atoms with Gasteiger partial charge in [-0.2, -0.15) is 0 Å². The minimum absolute atomic E-state index is 0.108. The van der Waals surface area contributed by atoms with Crippen LogP contribution in [-0.2, 0) is 9.47 Å². The molecule has 0 bridgehead atoms. The third-order valence-corrected chi connectivity index (χ3v) is 3.86. The number of aliphatic hydroxyl groups is 2. The molecule has 18 heavy (non-hydrogen) atoms. The average Bonchev–Trinajstić information content (AvgIpc) is 2.39. The molecule has 0 aromatic rings. The lowest BCUT2D eigenvalue weighted by atomic mass is 9.95. The van der Waals surface area contributed by atoms with E-state index in [0.717, 1.165) is 51.4 Å². The van der Waals surface area contributed by atoms with Crippen LogP contribution in [0.1, 0.15) is 51.4 Å². The average molecular weight is 260 g/mol. The first-order valence-corrected chi connectivity index (χ1v) is 7.07. The van der Waals surface area contributed by atoms with Crippen LogP contribution < -0.4 is 0 Å². The quantitative estimate of drug-likeness (QED) is 0.796. The largest absolute Gasteiger partial charge is 0.393 e. The molecule has 2 aliphatic carbocycles. The van der Waals surface area contributed by atoms with E-state index in [4.69, 9.17) is 19.7 Å². The maximum absolute atomic E-state index is 9.13. The summed E-state index contributed by atoms with van der Waals surface area (Å²) in [6.07, 6.45) is 8.45. The predicted molar refractivity (Wildman–Crippen MR) is 70.5 cm³/mol. The number of rotatable bonds is 2. The highest BCUT2D eigenvalue weighted by Crippen LogP contribution is 2.20. The molecular weight excluding hydrogens is 232 g/mol. The Hall–Kier alpha value is -0.160. The Bertz CT molecular complexity index is 188. The first kappa shape index (κ1) is 15.9. The lowest BCUT2D eigenvalue weighted by Gasteiger charge is -2.24. The smallest absolute Gasteiger partial charge is 0.0596 e. The molecule has 108 valence electrons. The van der Waals surface area contributed by atoms with Crippen molar-refractivity contribution in [3.8, 4) is 0 Å². The molecule has 4 nitrogen and oxygen atoms in total. The molecule has 2 saturated carbocycles. The summed E-state index contributed by atoms with van der Waals surface area (Å²) in [7, 11) is 3.42. The minimum atomic E-state index is -0.108. The van der Waals surface area contributed by atoms with Crippen LogP contribution in [0.25, 0.3) is 0 Å². The SMILES string of the molecule is CO[C@@H]1CCC[C@H](O)C1.CO[C@H]1CCC[C@@H](O)C1. The predicted octanol–water partition coefficient (Wildman–Crippen LogP) is 1.87. The van der Waals surface area contributed by atoms with Gasteiger partial charge in [-0.3, -0.25) is 0 Å². The molecule has 2 aliphatic rings. The molecule has 4 atom stereocenters. The second-order valence-electron chi connectivity index (χ2n) is 5.36. The number of methoxy groups -OCH3 is 2. The Morgan fingerprint density at radius 1 is 0.722 bits per heavy atom. The normalized spacial score (nSPS) is 36.7. The standard InChI is InChI=1S/2C7H14O2/c2*1-9-7-4-2-3-6(8)5-7/h2*6-8H,2-5H2,1H3/t2*6-,7+/m10/s1. The molecule has 0 heterocycles. The molecule has 0 aromatic carbocycles. The van der Waals surface area contributed by atoms with Crippen molar-refractivity contribution in [2.45, 2.75) is 75.8 Å². The zero-order valence-electron chi connectivity index (χ0n) is 11.7. The molecule has 0 spiro atoms. The first-order chi connectivity index (χ1) is 8.65. The lowest BCUT2D eigenvalue weighted by molar-refractivity contribution is 0.0111. The van der Waals surface area contributed by atoms with Gasteiger partial charge < -0.3 is 19.7 Å². The van der Waals surface area contributed by atoms with Gasteiger partial charge in [0.2, 0.25) is 0 Å². The van der Waals surface area contributed by atoms with E-state index in [1.165, 1.54) is 0 Å². The number of hydrogen-bond donors (Lipinski definition) is 2. The third-order valence-electron chi connectivity index (χ3n) is 3.86. The van der Waals surface area contributed by atoms with E-state index in [1.807, 2.05) is 0 Å². The van der Waals surface area contributed by atoms with Gasteiger partial charge in [-0.25, -0.2) is 0 Å². The van der Waals surface area contributed by atoms with Crippen molar-refractivity contribution in [2.75, 3.05) is 14.2 Å². The van der Waals surface area contributed by atoms with E-state index < -0.39 is 0 Å². The van der Waals surface area contributed by atoms with Crippen molar-refractivity contribution in [2.24, 2.45) is 0 Å². The van der Waals surface area contributed by atoms with E-state index >= 15 is 0 Å². The van der Waals surface area contributed by atoms with E-state index in [-0.39, 0.29) is 12.2 Å². The highest BCUT2D eigenvalue weighted by Gasteiger charge is 2.19. The van der Waals surface area contributed by atoms with Crippen LogP contribution in [0, 0.1) is 0 Å². The van der Waals surface area contributed by atoms with Crippen LogP contribution in [0.2, 0.25) is 0 Å². The lowest BCUT2D eigenvalue weighted by Crippen LogP contribution is -2.24. The fraction of sp³-hybridized carbons (Fsp3) is 1.00. The third kappa shape index (κ3) is 6.14. The monoisotopic (exact) mass is 260 g/mol. The van der Waals surface area contributed by atoms with Crippen LogP contribution in [0.5, 0.6) is 0 Å². The Labute approximate surface area is 110 Å².